The molecule has 174 valence electrons. The molecule has 0 aromatic heterocycles. The molecule has 3 rings (SSSR count). The largest absolute Gasteiger partial charge is 0.423 e. The number of rotatable bonds is 5. The van der Waals surface area contributed by atoms with E-state index >= 15 is 0 Å². The Morgan fingerprint density at radius 2 is 1.47 bits per heavy atom. The lowest BCUT2D eigenvalue weighted by molar-refractivity contribution is -0.137. The molecule has 0 aliphatic carbocycles. The summed E-state index contributed by atoms with van der Waals surface area (Å²) in [6.45, 7) is 1.91. The predicted molar refractivity (Wildman–Crippen MR) is 118 cm³/mol. The molecule has 0 unspecified atom stereocenters. The zero-order valence-corrected chi connectivity index (χ0v) is 17.7. The summed E-state index contributed by atoms with van der Waals surface area (Å²) in [6, 6.07) is 16.8. The number of hydrogen-bond acceptors (Lipinski definition) is 5. The van der Waals surface area contributed by atoms with Gasteiger partial charge in [0.25, 0.3) is 0 Å². The van der Waals surface area contributed by atoms with Gasteiger partial charge in [-0.3, -0.25) is 9.59 Å². The van der Waals surface area contributed by atoms with Crippen LogP contribution in [0, 0.1) is 6.92 Å². The van der Waals surface area contributed by atoms with Gasteiger partial charge in [0, 0.05) is 5.69 Å². The molecule has 0 bridgehead atoms. The number of carbonyl (C=O) groups excluding carboxylic acids is 3. The summed E-state index contributed by atoms with van der Waals surface area (Å²) in [5, 5.41) is 5.83. The molecular formula is C24H18F3N3O4. The van der Waals surface area contributed by atoms with Crippen molar-refractivity contribution in [2.24, 2.45) is 5.10 Å². The van der Waals surface area contributed by atoms with Gasteiger partial charge in [-0.15, -0.1) is 0 Å². The molecule has 0 aliphatic heterocycles. The van der Waals surface area contributed by atoms with Crippen LogP contribution in [0.5, 0.6) is 5.75 Å². The highest BCUT2D eigenvalue weighted by Gasteiger charge is 2.30. The summed E-state index contributed by atoms with van der Waals surface area (Å²) >= 11 is 0. The normalized spacial score (nSPS) is 11.2. The number of hydrazone groups is 1. The minimum Gasteiger partial charge on any atom is -0.423 e. The second kappa shape index (κ2) is 10.4. The Balaban J connectivity index is 1.49. The van der Waals surface area contributed by atoms with Gasteiger partial charge in [0.2, 0.25) is 0 Å². The summed E-state index contributed by atoms with van der Waals surface area (Å²) in [7, 11) is 0. The van der Waals surface area contributed by atoms with Crippen LogP contribution in [0.3, 0.4) is 0 Å². The number of halogens is 3. The topological polar surface area (TPSA) is 96.9 Å². The number of alkyl halides is 3. The number of nitrogens with one attached hydrogen (secondary N) is 2. The van der Waals surface area contributed by atoms with Crippen molar-refractivity contribution in [1.29, 1.82) is 0 Å². The second-order valence-corrected chi connectivity index (χ2v) is 7.05. The van der Waals surface area contributed by atoms with Crippen LogP contribution >= 0.6 is 0 Å². The first-order valence-corrected chi connectivity index (χ1v) is 9.82. The molecule has 2 amide bonds. The van der Waals surface area contributed by atoms with Crippen LogP contribution in [0.4, 0.5) is 18.9 Å². The SMILES string of the molecule is Cc1ccc(C(=O)Oc2ccc(C=NNC(=O)C(=O)Nc3ccc(C(F)(F)F)cc3)cc2)cc1. The van der Waals surface area contributed by atoms with E-state index in [9.17, 15) is 27.6 Å². The molecule has 10 heteroatoms. The molecule has 0 saturated carbocycles. The van der Waals surface area contributed by atoms with Gasteiger partial charge in [0.15, 0.2) is 0 Å². The first-order chi connectivity index (χ1) is 16.1. The molecule has 3 aromatic rings. The lowest BCUT2D eigenvalue weighted by Crippen LogP contribution is -2.32. The molecule has 2 N–H and O–H groups in total. The summed E-state index contributed by atoms with van der Waals surface area (Å²) in [5.74, 6) is -2.41. The highest BCUT2D eigenvalue weighted by Crippen LogP contribution is 2.29. The number of carbonyl (C=O) groups is 3. The number of esters is 1. The van der Waals surface area contributed by atoms with Gasteiger partial charge in [0.1, 0.15) is 5.75 Å². The molecule has 0 atom stereocenters. The molecular weight excluding hydrogens is 451 g/mol. The average Bonchev–Trinajstić information content (AvgIpc) is 2.80. The van der Waals surface area contributed by atoms with Crippen molar-refractivity contribution in [1.82, 2.24) is 5.43 Å². The summed E-state index contributed by atoms with van der Waals surface area (Å²) in [5.41, 5.74) is 3.12. The number of aryl methyl sites for hydroxylation is 1. The van der Waals surface area contributed by atoms with Crippen molar-refractivity contribution < 1.29 is 32.3 Å². The molecule has 7 nitrogen and oxygen atoms in total. The number of nitrogens with zero attached hydrogens (tertiary/aromatic N) is 1. The van der Waals surface area contributed by atoms with E-state index in [2.05, 4.69) is 10.4 Å². The molecule has 3 aromatic carbocycles. The van der Waals surface area contributed by atoms with Crippen LogP contribution < -0.4 is 15.5 Å². The Morgan fingerprint density at radius 1 is 0.853 bits per heavy atom. The Labute approximate surface area is 192 Å². The van der Waals surface area contributed by atoms with Crippen molar-refractivity contribution in [3.63, 3.8) is 0 Å². The highest BCUT2D eigenvalue weighted by atomic mass is 19.4. The minimum atomic E-state index is -4.50. The Bertz CT molecular complexity index is 1200. The molecule has 0 spiro atoms. The molecule has 0 saturated heterocycles. The third kappa shape index (κ3) is 6.76. The average molecular weight is 469 g/mol. The van der Waals surface area contributed by atoms with E-state index in [4.69, 9.17) is 4.74 Å². The number of amides is 2. The van der Waals surface area contributed by atoms with Gasteiger partial charge in [0.05, 0.1) is 17.3 Å². The van der Waals surface area contributed by atoms with E-state index in [-0.39, 0.29) is 5.69 Å². The lowest BCUT2D eigenvalue weighted by Gasteiger charge is -2.08. The quantitative estimate of drug-likeness (QED) is 0.191. The van der Waals surface area contributed by atoms with Crippen molar-refractivity contribution in [2.75, 3.05) is 5.32 Å². The predicted octanol–water partition coefficient (Wildman–Crippen LogP) is 4.32. The monoisotopic (exact) mass is 469 g/mol. The van der Waals surface area contributed by atoms with Crippen molar-refractivity contribution >= 4 is 29.7 Å². The van der Waals surface area contributed by atoms with E-state index in [0.29, 0.717) is 16.9 Å². The first-order valence-electron chi connectivity index (χ1n) is 9.82. The van der Waals surface area contributed by atoms with Gasteiger partial charge < -0.3 is 10.1 Å². The Kier molecular flexibility index (Phi) is 7.42. The van der Waals surface area contributed by atoms with Gasteiger partial charge in [-0.05, 0) is 73.2 Å². The van der Waals surface area contributed by atoms with Crippen LogP contribution in [0.1, 0.15) is 27.0 Å². The fourth-order valence-corrected chi connectivity index (χ4v) is 2.62. The Hall–Kier alpha value is -4.47. The Morgan fingerprint density at radius 3 is 2.06 bits per heavy atom. The van der Waals surface area contributed by atoms with Crippen molar-refractivity contribution in [3.8, 4) is 5.75 Å². The van der Waals surface area contributed by atoms with Crippen LogP contribution in [-0.4, -0.2) is 24.0 Å². The highest BCUT2D eigenvalue weighted by molar-refractivity contribution is 6.39. The number of anilines is 1. The van der Waals surface area contributed by atoms with Crippen LogP contribution in [0.2, 0.25) is 0 Å². The standard InChI is InChI=1S/C24H18F3N3O4/c1-15-2-6-17(7-3-15)23(33)34-20-12-4-16(5-13-20)14-28-30-22(32)21(31)29-19-10-8-18(9-11-19)24(25,26)27/h2-14H,1H3,(H,29,31)(H,30,32). The number of ether oxygens (including phenoxy) is 1. The van der Waals surface area contributed by atoms with E-state index in [1.165, 1.54) is 18.3 Å². The molecule has 34 heavy (non-hydrogen) atoms. The van der Waals surface area contributed by atoms with Gasteiger partial charge in [-0.25, -0.2) is 10.2 Å². The fraction of sp³-hybridized carbons (Fsp3) is 0.0833. The third-order valence-corrected chi connectivity index (χ3v) is 4.43. The van der Waals surface area contributed by atoms with Crippen molar-refractivity contribution in [3.05, 3.63) is 95.1 Å². The maximum Gasteiger partial charge on any atom is 0.416 e. The third-order valence-electron chi connectivity index (χ3n) is 4.43. The number of hydrogen-bond donors (Lipinski definition) is 2. The van der Waals surface area contributed by atoms with Crippen LogP contribution in [-0.2, 0) is 15.8 Å². The maximum atomic E-state index is 12.6. The molecule has 0 heterocycles. The fourth-order valence-electron chi connectivity index (χ4n) is 2.62. The van der Waals surface area contributed by atoms with E-state index in [1.807, 2.05) is 12.3 Å². The summed E-state index contributed by atoms with van der Waals surface area (Å²) in [4.78, 5) is 35.8. The van der Waals surface area contributed by atoms with Gasteiger partial charge in [-0.1, -0.05) is 17.7 Å². The van der Waals surface area contributed by atoms with E-state index < -0.39 is 29.5 Å². The maximum absolute atomic E-state index is 12.6. The summed E-state index contributed by atoms with van der Waals surface area (Å²) < 4.78 is 43.0. The van der Waals surface area contributed by atoms with E-state index in [1.54, 1.807) is 36.4 Å². The molecule has 0 aliphatic rings. The van der Waals surface area contributed by atoms with E-state index in [0.717, 1.165) is 29.8 Å². The zero-order valence-electron chi connectivity index (χ0n) is 17.7. The number of benzene rings is 3. The minimum absolute atomic E-state index is 0.0212. The lowest BCUT2D eigenvalue weighted by atomic mass is 10.1. The summed E-state index contributed by atoms with van der Waals surface area (Å²) in [6.07, 6.45) is -3.25. The van der Waals surface area contributed by atoms with Gasteiger partial charge in [-0.2, -0.15) is 18.3 Å². The van der Waals surface area contributed by atoms with Gasteiger partial charge >= 0.3 is 24.0 Å². The van der Waals surface area contributed by atoms with Crippen LogP contribution in [0.25, 0.3) is 0 Å². The second-order valence-electron chi connectivity index (χ2n) is 7.05. The molecule has 0 radical (unpaired) electrons. The zero-order chi connectivity index (χ0) is 24.7. The smallest absolute Gasteiger partial charge is 0.416 e. The first kappa shape index (κ1) is 24.2. The molecule has 0 fully saturated rings. The van der Waals surface area contributed by atoms with Crippen molar-refractivity contribution in [2.45, 2.75) is 13.1 Å². The van der Waals surface area contributed by atoms with Crippen LogP contribution in [0.15, 0.2) is 77.9 Å².